The molecule has 1 N–H and O–H groups in total. The molecule has 1 unspecified atom stereocenters. The number of methoxy groups -OCH3 is 1. The van der Waals surface area contributed by atoms with Gasteiger partial charge in [0.25, 0.3) is 0 Å². The van der Waals surface area contributed by atoms with E-state index < -0.39 is 10.0 Å². The highest BCUT2D eigenvalue weighted by molar-refractivity contribution is 7.89. The van der Waals surface area contributed by atoms with E-state index in [4.69, 9.17) is 4.74 Å². The SMILES string of the molecule is CCNC1CN(S(=O)(=O)c2cccc(OC)c2)C2(CCCCC2)C1. The van der Waals surface area contributed by atoms with Crippen LogP contribution in [0.2, 0.25) is 0 Å². The second-order valence-electron chi connectivity index (χ2n) is 6.96. The number of benzene rings is 1. The van der Waals surface area contributed by atoms with Crippen LogP contribution in [-0.4, -0.2) is 44.5 Å². The number of rotatable bonds is 5. The number of hydrogen-bond acceptors (Lipinski definition) is 4. The summed E-state index contributed by atoms with van der Waals surface area (Å²) in [5.74, 6) is 0.580. The van der Waals surface area contributed by atoms with Crippen LogP contribution in [0.5, 0.6) is 5.75 Å². The predicted molar refractivity (Wildman–Crippen MR) is 94.8 cm³/mol. The van der Waals surface area contributed by atoms with Gasteiger partial charge in [0.2, 0.25) is 10.0 Å². The summed E-state index contributed by atoms with van der Waals surface area (Å²) in [6.45, 7) is 3.51. The summed E-state index contributed by atoms with van der Waals surface area (Å²) < 4.78 is 33.7. The van der Waals surface area contributed by atoms with E-state index >= 15 is 0 Å². The van der Waals surface area contributed by atoms with Gasteiger partial charge in [-0.2, -0.15) is 4.31 Å². The first-order chi connectivity index (χ1) is 11.5. The van der Waals surface area contributed by atoms with Crippen molar-refractivity contribution in [3.05, 3.63) is 24.3 Å². The van der Waals surface area contributed by atoms with E-state index in [1.54, 1.807) is 35.7 Å². The van der Waals surface area contributed by atoms with Crippen molar-refractivity contribution in [2.75, 3.05) is 20.2 Å². The summed E-state index contributed by atoms with van der Waals surface area (Å²) in [5, 5.41) is 3.46. The fraction of sp³-hybridized carbons (Fsp3) is 0.667. The van der Waals surface area contributed by atoms with E-state index in [-0.39, 0.29) is 11.6 Å². The van der Waals surface area contributed by atoms with Crippen LogP contribution in [0.4, 0.5) is 0 Å². The Morgan fingerprint density at radius 1 is 1.29 bits per heavy atom. The third-order valence-electron chi connectivity index (χ3n) is 5.45. The first kappa shape index (κ1) is 17.7. The molecular formula is C18H28N2O3S. The van der Waals surface area contributed by atoms with Crippen LogP contribution in [0, 0.1) is 0 Å². The van der Waals surface area contributed by atoms with Gasteiger partial charge < -0.3 is 10.1 Å². The van der Waals surface area contributed by atoms with Crippen molar-refractivity contribution in [2.24, 2.45) is 0 Å². The monoisotopic (exact) mass is 352 g/mol. The summed E-state index contributed by atoms with van der Waals surface area (Å²) in [4.78, 5) is 0.337. The van der Waals surface area contributed by atoms with Crippen molar-refractivity contribution in [1.29, 1.82) is 0 Å². The molecule has 1 saturated carbocycles. The van der Waals surface area contributed by atoms with Gasteiger partial charge in [-0.25, -0.2) is 8.42 Å². The Kier molecular flexibility index (Phi) is 5.18. The van der Waals surface area contributed by atoms with E-state index in [1.165, 1.54) is 6.42 Å². The molecule has 6 heteroatoms. The molecule has 0 bridgehead atoms. The van der Waals surface area contributed by atoms with Crippen molar-refractivity contribution < 1.29 is 13.2 Å². The van der Waals surface area contributed by atoms with Crippen LogP contribution in [0.1, 0.15) is 45.4 Å². The molecule has 5 nitrogen and oxygen atoms in total. The molecule has 24 heavy (non-hydrogen) atoms. The molecule has 1 atom stereocenters. The molecule has 0 radical (unpaired) electrons. The molecule has 0 aromatic heterocycles. The highest BCUT2D eigenvalue weighted by atomic mass is 32.2. The van der Waals surface area contributed by atoms with Crippen LogP contribution in [0.3, 0.4) is 0 Å². The molecule has 2 fully saturated rings. The number of ether oxygens (including phenoxy) is 1. The summed E-state index contributed by atoms with van der Waals surface area (Å²) in [6, 6.07) is 7.08. The first-order valence-electron chi connectivity index (χ1n) is 8.92. The lowest BCUT2D eigenvalue weighted by Gasteiger charge is -2.40. The van der Waals surface area contributed by atoms with Crippen molar-refractivity contribution in [1.82, 2.24) is 9.62 Å². The predicted octanol–water partition coefficient (Wildman–Crippen LogP) is 2.77. The van der Waals surface area contributed by atoms with E-state index in [1.807, 2.05) is 0 Å². The minimum atomic E-state index is -3.52. The maximum Gasteiger partial charge on any atom is 0.243 e. The van der Waals surface area contributed by atoms with Crippen molar-refractivity contribution in [3.63, 3.8) is 0 Å². The lowest BCUT2D eigenvalue weighted by atomic mass is 9.80. The maximum absolute atomic E-state index is 13.4. The third-order valence-corrected chi connectivity index (χ3v) is 7.41. The topological polar surface area (TPSA) is 58.6 Å². The van der Waals surface area contributed by atoms with Gasteiger partial charge in [0.05, 0.1) is 12.0 Å². The molecule has 134 valence electrons. The van der Waals surface area contributed by atoms with Gasteiger partial charge in [-0.3, -0.25) is 0 Å². The summed E-state index contributed by atoms with van der Waals surface area (Å²) >= 11 is 0. The van der Waals surface area contributed by atoms with Crippen LogP contribution in [0.25, 0.3) is 0 Å². The van der Waals surface area contributed by atoms with E-state index in [2.05, 4.69) is 12.2 Å². The first-order valence-corrected chi connectivity index (χ1v) is 10.4. The molecular weight excluding hydrogens is 324 g/mol. The lowest BCUT2D eigenvalue weighted by molar-refractivity contribution is 0.171. The summed E-state index contributed by atoms with van der Waals surface area (Å²) in [7, 11) is -1.96. The Morgan fingerprint density at radius 3 is 2.71 bits per heavy atom. The highest BCUT2D eigenvalue weighted by Crippen LogP contribution is 2.44. The fourth-order valence-corrected chi connectivity index (χ4v) is 6.26. The minimum Gasteiger partial charge on any atom is -0.497 e. The molecule has 0 amide bonds. The average Bonchev–Trinajstić information content (AvgIpc) is 2.94. The molecule has 1 aliphatic heterocycles. The zero-order valence-electron chi connectivity index (χ0n) is 14.6. The van der Waals surface area contributed by atoms with Crippen LogP contribution in [0.15, 0.2) is 29.2 Å². The molecule has 1 aromatic carbocycles. The Balaban J connectivity index is 1.96. The van der Waals surface area contributed by atoms with E-state index in [0.29, 0.717) is 17.2 Å². The van der Waals surface area contributed by atoms with Crippen molar-refractivity contribution in [3.8, 4) is 5.75 Å². The smallest absolute Gasteiger partial charge is 0.243 e. The van der Waals surface area contributed by atoms with Crippen LogP contribution >= 0.6 is 0 Å². The van der Waals surface area contributed by atoms with Gasteiger partial charge in [-0.15, -0.1) is 0 Å². The van der Waals surface area contributed by atoms with Crippen molar-refractivity contribution >= 4 is 10.0 Å². The summed E-state index contributed by atoms with van der Waals surface area (Å²) in [5.41, 5.74) is -0.215. The highest BCUT2D eigenvalue weighted by Gasteiger charge is 2.51. The molecule has 1 aliphatic carbocycles. The normalized spacial score (nSPS) is 24.3. The standard InChI is InChI=1S/C18H28N2O3S/c1-3-19-15-13-18(10-5-4-6-11-18)20(14-15)24(21,22)17-9-7-8-16(12-17)23-2/h7-9,12,15,19H,3-6,10-11,13-14H2,1-2H3. The molecule has 1 spiro atoms. The van der Waals surface area contributed by atoms with Crippen LogP contribution < -0.4 is 10.1 Å². The second-order valence-corrected chi connectivity index (χ2v) is 8.82. The molecule has 1 aromatic rings. The van der Waals surface area contributed by atoms with Crippen LogP contribution in [-0.2, 0) is 10.0 Å². The Morgan fingerprint density at radius 2 is 2.04 bits per heavy atom. The van der Waals surface area contributed by atoms with Gasteiger partial charge >= 0.3 is 0 Å². The fourth-order valence-electron chi connectivity index (χ4n) is 4.35. The van der Waals surface area contributed by atoms with Gasteiger partial charge in [-0.1, -0.05) is 32.3 Å². The molecule has 1 saturated heterocycles. The zero-order valence-corrected chi connectivity index (χ0v) is 15.4. The number of hydrogen-bond donors (Lipinski definition) is 1. The quantitative estimate of drug-likeness (QED) is 0.885. The van der Waals surface area contributed by atoms with Gasteiger partial charge in [0.1, 0.15) is 5.75 Å². The lowest BCUT2D eigenvalue weighted by Crippen LogP contribution is -2.48. The largest absolute Gasteiger partial charge is 0.497 e. The molecule has 3 rings (SSSR count). The third kappa shape index (κ3) is 3.19. The minimum absolute atomic E-state index is 0.215. The number of nitrogens with zero attached hydrogens (tertiary/aromatic N) is 1. The van der Waals surface area contributed by atoms with Gasteiger partial charge in [-0.05, 0) is 37.9 Å². The number of sulfonamides is 1. The van der Waals surface area contributed by atoms with E-state index in [9.17, 15) is 8.42 Å². The summed E-state index contributed by atoms with van der Waals surface area (Å²) in [6.07, 6.45) is 6.30. The second kappa shape index (κ2) is 7.02. The Bertz CT molecular complexity index is 669. The number of likely N-dealkylation sites (N-methyl/N-ethyl adjacent to an activating group) is 1. The van der Waals surface area contributed by atoms with Gasteiger partial charge in [0.15, 0.2) is 0 Å². The Labute approximate surface area is 145 Å². The average molecular weight is 353 g/mol. The zero-order chi connectivity index (χ0) is 17.2. The molecule has 1 heterocycles. The Hall–Kier alpha value is -1.11. The maximum atomic E-state index is 13.4. The van der Waals surface area contributed by atoms with E-state index in [0.717, 1.165) is 38.6 Å². The number of nitrogens with one attached hydrogen (secondary N) is 1. The van der Waals surface area contributed by atoms with Crippen molar-refractivity contribution in [2.45, 2.75) is 61.9 Å². The van der Waals surface area contributed by atoms with Gasteiger partial charge in [0, 0.05) is 24.2 Å². The molecule has 2 aliphatic rings.